The first-order valence-electron chi connectivity index (χ1n) is 8.28. The first kappa shape index (κ1) is 18.4. The molecule has 0 amide bonds. The van der Waals surface area contributed by atoms with Crippen molar-refractivity contribution in [2.45, 2.75) is 38.4 Å². The molecule has 0 spiro atoms. The summed E-state index contributed by atoms with van der Waals surface area (Å²) in [6, 6.07) is 8.20. The van der Waals surface area contributed by atoms with Crippen LogP contribution in [0.2, 0.25) is 0 Å². The number of anilines is 1. The van der Waals surface area contributed by atoms with E-state index in [2.05, 4.69) is 32.7 Å². The van der Waals surface area contributed by atoms with Gasteiger partial charge in [-0.1, -0.05) is 12.1 Å². The van der Waals surface area contributed by atoms with E-state index in [1.54, 1.807) is 7.05 Å². The molecule has 1 aromatic rings. The van der Waals surface area contributed by atoms with Gasteiger partial charge in [-0.3, -0.25) is 4.99 Å². The number of guanidine groups is 1. The molecule has 1 fully saturated rings. The van der Waals surface area contributed by atoms with Gasteiger partial charge in [0.05, 0.1) is 12.5 Å². The quantitative estimate of drug-likeness (QED) is 0.636. The highest BCUT2D eigenvalue weighted by atomic mass is 19.4. The summed E-state index contributed by atoms with van der Waals surface area (Å²) in [4.78, 5) is 6.34. The van der Waals surface area contributed by atoms with Crippen LogP contribution >= 0.6 is 0 Å². The van der Waals surface area contributed by atoms with Gasteiger partial charge in [0.1, 0.15) is 0 Å². The molecule has 0 saturated carbocycles. The Morgan fingerprint density at radius 2 is 2.00 bits per heavy atom. The van der Waals surface area contributed by atoms with Crippen molar-refractivity contribution in [1.29, 1.82) is 0 Å². The van der Waals surface area contributed by atoms with Gasteiger partial charge >= 0.3 is 6.18 Å². The second-order valence-corrected chi connectivity index (χ2v) is 6.02. The molecular weight excluding hydrogens is 317 g/mol. The van der Waals surface area contributed by atoms with E-state index in [-0.39, 0.29) is 12.6 Å². The average Bonchev–Trinajstić information content (AvgIpc) is 3.07. The maximum Gasteiger partial charge on any atom is 0.390 e. The van der Waals surface area contributed by atoms with E-state index in [0.717, 1.165) is 18.7 Å². The zero-order valence-electron chi connectivity index (χ0n) is 14.2. The summed E-state index contributed by atoms with van der Waals surface area (Å²) in [6.45, 7) is 3.93. The van der Waals surface area contributed by atoms with Crippen LogP contribution in [0.25, 0.3) is 0 Å². The molecule has 1 atom stereocenters. The minimum atomic E-state index is -4.17. The van der Waals surface area contributed by atoms with Crippen molar-refractivity contribution >= 4 is 11.6 Å². The lowest BCUT2D eigenvalue weighted by Gasteiger charge is -2.22. The highest BCUT2D eigenvalue weighted by molar-refractivity contribution is 5.80. The molecule has 4 nitrogen and oxygen atoms in total. The first-order chi connectivity index (χ1) is 11.4. The third-order valence-electron chi connectivity index (χ3n) is 4.12. The lowest BCUT2D eigenvalue weighted by Crippen LogP contribution is -2.40. The number of nitrogens with zero attached hydrogens (tertiary/aromatic N) is 2. The summed E-state index contributed by atoms with van der Waals surface area (Å²) in [5.41, 5.74) is 2.27. The molecule has 1 heterocycles. The number of hydrogen-bond acceptors (Lipinski definition) is 2. The number of alkyl halides is 3. The molecule has 2 N–H and O–H groups in total. The van der Waals surface area contributed by atoms with Crippen LogP contribution in [-0.4, -0.2) is 38.8 Å². The Morgan fingerprint density at radius 1 is 1.29 bits per heavy atom. The zero-order chi connectivity index (χ0) is 17.6. The Balaban J connectivity index is 1.92. The lowest BCUT2D eigenvalue weighted by molar-refractivity contribution is -0.132. The second kappa shape index (κ2) is 8.26. The number of aliphatic imine (C=N–C) groups is 1. The maximum absolute atomic E-state index is 12.2. The van der Waals surface area contributed by atoms with E-state index in [1.165, 1.54) is 18.5 Å². The van der Waals surface area contributed by atoms with Crippen molar-refractivity contribution in [3.8, 4) is 0 Å². The summed E-state index contributed by atoms with van der Waals surface area (Å²) >= 11 is 0. The van der Waals surface area contributed by atoms with E-state index in [0.29, 0.717) is 5.96 Å². The van der Waals surface area contributed by atoms with Crippen LogP contribution in [0.1, 0.15) is 37.8 Å². The highest BCUT2D eigenvalue weighted by Gasteiger charge is 2.26. The number of hydrogen-bond donors (Lipinski definition) is 2. The summed E-state index contributed by atoms with van der Waals surface area (Å²) in [6.07, 6.45) is -2.62. The van der Waals surface area contributed by atoms with Crippen molar-refractivity contribution in [2.75, 3.05) is 31.6 Å². The van der Waals surface area contributed by atoms with Crippen LogP contribution in [0.4, 0.5) is 18.9 Å². The van der Waals surface area contributed by atoms with Gasteiger partial charge in [0.2, 0.25) is 0 Å². The molecule has 0 aliphatic carbocycles. The van der Waals surface area contributed by atoms with Crippen molar-refractivity contribution in [3.05, 3.63) is 29.8 Å². The third-order valence-corrected chi connectivity index (χ3v) is 4.12. The van der Waals surface area contributed by atoms with E-state index < -0.39 is 12.6 Å². The molecule has 1 unspecified atom stereocenters. The topological polar surface area (TPSA) is 39.7 Å². The lowest BCUT2D eigenvalue weighted by atomic mass is 10.1. The molecule has 1 aliphatic heterocycles. The van der Waals surface area contributed by atoms with Crippen LogP contribution in [0.3, 0.4) is 0 Å². The molecule has 24 heavy (non-hydrogen) atoms. The molecule has 0 bridgehead atoms. The van der Waals surface area contributed by atoms with Crippen molar-refractivity contribution in [2.24, 2.45) is 4.99 Å². The molecular formula is C17H25F3N4. The van der Waals surface area contributed by atoms with E-state index in [9.17, 15) is 13.2 Å². The molecule has 1 aliphatic rings. The van der Waals surface area contributed by atoms with Crippen molar-refractivity contribution < 1.29 is 13.2 Å². The zero-order valence-corrected chi connectivity index (χ0v) is 14.2. The van der Waals surface area contributed by atoms with Gasteiger partial charge in [0.25, 0.3) is 0 Å². The van der Waals surface area contributed by atoms with Crippen molar-refractivity contribution in [1.82, 2.24) is 10.6 Å². The number of halogens is 3. The fraction of sp³-hybridized carbons (Fsp3) is 0.588. The van der Waals surface area contributed by atoms with Crippen LogP contribution < -0.4 is 15.5 Å². The predicted octanol–water partition coefficient (Wildman–Crippen LogP) is 3.47. The van der Waals surface area contributed by atoms with Gasteiger partial charge in [-0.05, 0) is 37.5 Å². The Labute approximate surface area is 141 Å². The molecule has 134 valence electrons. The maximum atomic E-state index is 12.2. The van der Waals surface area contributed by atoms with E-state index in [1.807, 2.05) is 19.1 Å². The summed E-state index contributed by atoms with van der Waals surface area (Å²) in [5.74, 6) is 0.373. The Morgan fingerprint density at radius 3 is 2.62 bits per heavy atom. The van der Waals surface area contributed by atoms with Gasteiger partial charge in [-0.2, -0.15) is 13.2 Å². The number of benzene rings is 1. The van der Waals surface area contributed by atoms with E-state index >= 15 is 0 Å². The minimum Gasteiger partial charge on any atom is -0.372 e. The Kier molecular flexibility index (Phi) is 6.34. The minimum absolute atomic E-state index is 0.0513. The average molecular weight is 342 g/mol. The molecule has 7 heteroatoms. The number of rotatable bonds is 5. The molecule has 2 rings (SSSR count). The van der Waals surface area contributed by atoms with Gasteiger partial charge in [-0.25, -0.2) is 0 Å². The van der Waals surface area contributed by atoms with Gasteiger partial charge in [0, 0.05) is 32.4 Å². The smallest absolute Gasteiger partial charge is 0.372 e. The highest BCUT2D eigenvalue weighted by Crippen LogP contribution is 2.24. The molecule has 0 aromatic heterocycles. The normalized spacial score (nSPS) is 17.0. The fourth-order valence-corrected chi connectivity index (χ4v) is 2.77. The molecule has 0 radical (unpaired) electrons. The fourth-order valence-electron chi connectivity index (χ4n) is 2.77. The summed E-state index contributed by atoms with van der Waals surface area (Å²) < 4.78 is 36.7. The molecule has 1 aromatic carbocycles. The standard InChI is InChI=1S/C17H25F3N4/c1-13(23-16(21-2)22-9-8-17(18,19)20)14-6-5-7-15(12-14)24-10-3-4-11-24/h5-7,12-13H,3-4,8-11H2,1-2H3,(H2,21,22,23). The van der Waals surface area contributed by atoms with Crippen LogP contribution in [0.15, 0.2) is 29.3 Å². The van der Waals surface area contributed by atoms with E-state index in [4.69, 9.17) is 0 Å². The summed E-state index contributed by atoms with van der Waals surface area (Å²) in [5, 5.41) is 5.84. The van der Waals surface area contributed by atoms with Crippen LogP contribution in [0.5, 0.6) is 0 Å². The van der Waals surface area contributed by atoms with Gasteiger partial charge in [0.15, 0.2) is 5.96 Å². The number of nitrogens with one attached hydrogen (secondary N) is 2. The monoisotopic (exact) mass is 342 g/mol. The Bertz CT molecular complexity index is 551. The Hall–Kier alpha value is -1.92. The second-order valence-electron chi connectivity index (χ2n) is 6.02. The van der Waals surface area contributed by atoms with Gasteiger partial charge < -0.3 is 15.5 Å². The molecule has 1 saturated heterocycles. The third kappa shape index (κ3) is 5.62. The van der Waals surface area contributed by atoms with Gasteiger partial charge in [-0.15, -0.1) is 0 Å². The SMILES string of the molecule is CN=C(NCCC(F)(F)F)NC(C)c1cccc(N2CCCC2)c1. The predicted molar refractivity (Wildman–Crippen MR) is 91.5 cm³/mol. The summed E-state index contributed by atoms with van der Waals surface area (Å²) in [7, 11) is 1.55. The largest absolute Gasteiger partial charge is 0.390 e. The van der Waals surface area contributed by atoms with Crippen LogP contribution in [0, 0.1) is 0 Å². The first-order valence-corrected chi connectivity index (χ1v) is 8.28. The van der Waals surface area contributed by atoms with Crippen molar-refractivity contribution in [3.63, 3.8) is 0 Å². The van der Waals surface area contributed by atoms with Crippen LogP contribution in [-0.2, 0) is 0 Å².